The maximum Gasteiger partial charge on any atom is 0.246 e. The lowest BCUT2D eigenvalue weighted by molar-refractivity contribution is 0.453. The number of phenolic OH excluding ortho intramolecular Hbond substituents is 1. The summed E-state index contributed by atoms with van der Waals surface area (Å²) in [7, 11) is -2.67. The molecular weight excluding hydrogens is 295 g/mol. The summed E-state index contributed by atoms with van der Waals surface area (Å²) in [5, 5.41) is 9.38. The Morgan fingerprint density at radius 1 is 1.24 bits per heavy atom. The summed E-state index contributed by atoms with van der Waals surface area (Å²) in [4.78, 5) is -0.467. The van der Waals surface area contributed by atoms with Crippen LogP contribution < -0.4 is 5.73 Å². The van der Waals surface area contributed by atoms with Crippen LogP contribution in [-0.4, -0.2) is 24.9 Å². The Morgan fingerprint density at radius 2 is 1.95 bits per heavy atom. The Morgan fingerprint density at radius 3 is 2.62 bits per heavy atom. The first-order valence-corrected chi connectivity index (χ1v) is 7.54. The highest BCUT2D eigenvalue weighted by Gasteiger charge is 2.24. The van der Waals surface area contributed by atoms with Crippen LogP contribution in [0, 0.1) is 5.82 Å². The molecule has 0 saturated heterocycles. The van der Waals surface area contributed by atoms with E-state index in [1.165, 1.54) is 25.2 Å². The van der Waals surface area contributed by atoms with E-state index in [0.717, 1.165) is 16.4 Å². The van der Waals surface area contributed by atoms with E-state index in [-0.39, 0.29) is 18.0 Å². The van der Waals surface area contributed by atoms with Gasteiger partial charge in [-0.25, -0.2) is 12.8 Å². The fraction of sp³-hybridized carbons (Fsp3) is 0.143. The highest BCUT2D eigenvalue weighted by Crippen LogP contribution is 2.23. The molecule has 0 unspecified atom stereocenters. The Bertz CT molecular complexity index is 763. The van der Waals surface area contributed by atoms with Crippen LogP contribution in [0.4, 0.5) is 10.1 Å². The molecule has 5 nitrogen and oxygen atoms in total. The summed E-state index contributed by atoms with van der Waals surface area (Å²) >= 11 is 0. The van der Waals surface area contributed by atoms with Crippen LogP contribution in [0.15, 0.2) is 47.4 Å². The van der Waals surface area contributed by atoms with Gasteiger partial charge in [0.05, 0.1) is 0 Å². The molecule has 7 heteroatoms. The van der Waals surface area contributed by atoms with Crippen molar-refractivity contribution in [2.75, 3.05) is 12.8 Å². The summed E-state index contributed by atoms with van der Waals surface area (Å²) in [6.07, 6.45) is 0. The van der Waals surface area contributed by atoms with Gasteiger partial charge in [-0.05, 0) is 35.9 Å². The number of halogens is 1. The third-order valence-electron chi connectivity index (χ3n) is 2.96. The first-order valence-electron chi connectivity index (χ1n) is 6.10. The van der Waals surface area contributed by atoms with Crippen molar-refractivity contribution in [3.05, 3.63) is 53.8 Å². The molecule has 3 N–H and O–H groups in total. The zero-order valence-electron chi connectivity index (χ0n) is 11.3. The summed E-state index contributed by atoms with van der Waals surface area (Å²) in [5.41, 5.74) is 6.27. The van der Waals surface area contributed by atoms with Gasteiger partial charge in [0.25, 0.3) is 0 Å². The van der Waals surface area contributed by atoms with Gasteiger partial charge in [0.2, 0.25) is 10.0 Å². The molecule has 0 aliphatic heterocycles. The Balaban J connectivity index is 2.33. The van der Waals surface area contributed by atoms with Gasteiger partial charge in [-0.1, -0.05) is 12.1 Å². The van der Waals surface area contributed by atoms with Crippen molar-refractivity contribution in [2.45, 2.75) is 11.4 Å². The molecule has 0 aliphatic rings. The SMILES string of the molecule is CN(Cc1cccc(O)c1)S(=O)(=O)c1cc(N)ccc1F. The number of nitrogens with two attached hydrogens (primary N) is 1. The van der Waals surface area contributed by atoms with Crippen molar-refractivity contribution in [1.29, 1.82) is 0 Å². The second kappa shape index (κ2) is 5.71. The molecule has 0 aliphatic carbocycles. The zero-order chi connectivity index (χ0) is 15.6. The van der Waals surface area contributed by atoms with Gasteiger partial charge < -0.3 is 10.8 Å². The highest BCUT2D eigenvalue weighted by molar-refractivity contribution is 7.89. The largest absolute Gasteiger partial charge is 0.508 e. The average molecular weight is 310 g/mol. The van der Waals surface area contributed by atoms with Crippen LogP contribution >= 0.6 is 0 Å². The monoisotopic (exact) mass is 310 g/mol. The predicted molar refractivity (Wildman–Crippen MR) is 77.6 cm³/mol. The van der Waals surface area contributed by atoms with Crippen molar-refractivity contribution >= 4 is 15.7 Å². The molecule has 0 aromatic heterocycles. The Labute approximate surface area is 122 Å². The van der Waals surface area contributed by atoms with Crippen molar-refractivity contribution < 1.29 is 17.9 Å². The van der Waals surface area contributed by atoms with E-state index in [1.807, 2.05) is 0 Å². The molecular formula is C14H15FN2O3S. The van der Waals surface area contributed by atoms with Crippen LogP contribution in [0.5, 0.6) is 5.75 Å². The van der Waals surface area contributed by atoms with Gasteiger partial charge >= 0.3 is 0 Å². The van der Waals surface area contributed by atoms with E-state index in [0.29, 0.717) is 5.56 Å². The number of anilines is 1. The minimum absolute atomic E-state index is 0.00493. The molecule has 0 spiro atoms. The molecule has 0 heterocycles. The molecule has 0 saturated carbocycles. The third-order valence-corrected chi connectivity index (χ3v) is 4.78. The molecule has 0 atom stereocenters. The van der Waals surface area contributed by atoms with Gasteiger partial charge in [0.15, 0.2) is 0 Å². The Hall–Kier alpha value is -2.12. The number of phenols is 1. The number of nitrogen functional groups attached to an aromatic ring is 1. The number of nitrogens with zero attached hydrogens (tertiary/aromatic N) is 1. The lowest BCUT2D eigenvalue weighted by atomic mass is 10.2. The van der Waals surface area contributed by atoms with Gasteiger partial charge in [-0.3, -0.25) is 0 Å². The summed E-state index contributed by atoms with van der Waals surface area (Å²) < 4.78 is 39.5. The average Bonchev–Trinajstić information content (AvgIpc) is 2.41. The molecule has 21 heavy (non-hydrogen) atoms. The van der Waals surface area contributed by atoms with Crippen LogP contribution in [0.2, 0.25) is 0 Å². The number of sulfonamides is 1. The van der Waals surface area contributed by atoms with Crippen molar-refractivity contribution in [1.82, 2.24) is 4.31 Å². The smallest absolute Gasteiger partial charge is 0.246 e. The van der Waals surface area contributed by atoms with E-state index in [1.54, 1.807) is 12.1 Å². The van der Waals surface area contributed by atoms with E-state index >= 15 is 0 Å². The van der Waals surface area contributed by atoms with Gasteiger partial charge in [-0.2, -0.15) is 4.31 Å². The van der Waals surface area contributed by atoms with Crippen molar-refractivity contribution in [3.63, 3.8) is 0 Å². The molecule has 0 fully saturated rings. The highest BCUT2D eigenvalue weighted by atomic mass is 32.2. The normalized spacial score (nSPS) is 11.8. The Kier molecular flexibility index (Phi) is 4.15. The topological polar surface area (TPSA) is 83.6 Å². The lowest BCUT2D eigenvalue weighted by Crippen LogP contribution is -2.27. The fourth-order valence-corrected chi connectivity index (χ4v) is 3.14. The predicted octanol–water partition coefficient (Wildman–Crippen LogP) is 1.93. The van der Waals surface area contributed by atoms with E-state index in [2.05, 4.69) is 0 Å². The van der Waals surface area contributed by atoms with Crippen molar-refractivity contribution in [2.24, 2.45) is 0 Å². The number of benzene rings is 2. The molecule has 112 valence electrons. The van der Waals surface area contributed by atoms with E-state index < -0.39 is 20.7 Å². The van der Waals surface area contributed by atoms with Gasteiger partial charge in [0, 0.05) is 19.3 Å². The third kappa shape index (κ3) is 3.32. The number of rotatable bonds is 4. The second-order valence-corrected chi connectivity index (χ2v) is 6.63. The van der Waals surface area contributed by atoms with Crippen molar-refractivity contribution in [3.8, 4) is 5.75 Å². The second-order valence-electron chi connectivity index (χ2n) is 4.62. The summed E-state index contributed by atoms with van der Waals surface area (Å²) in [6.45, 7) is 0.00493. The molecule has 0 radical (unpaired) electrons. The van der Waals surface area contributed by atoms with Gasteiger partial charge in [0.1, 0.15) is 16.5 Å². The van der Waals surface area contributed by atoms with E-state index in [4.69, 9.17) is 5.73 Å². The standard InChI is InChI=1S/C14H15FN2O3S/c1-17(9-10-3-2-4-12(18)7-10)21(19,20)14-8-11(16)5-6-13(14)15/h2-8,18H,9,16H2,1H3. The summed E-state index contributed by atoms with van der Waals surface area (Å²) in [6, 6.07) is 9.60. The number of aromatic hydroxyl groups is 1. The quantitative estimate of drug-likeness (QED) is 0.845. The first kappa shape index (κ1) is 15.3. The van der Waals surface area contributed by atoms with Crippen LogP contribution in [0.25, 0.3) is 0 Å². The zero-order valence-corrected chi connectivity index (χ0v) is 12.1. The molecule has 0 amide bonds. The molecule has 2 aromatic carbocycles. The molecule has 2 aromatic rings. The lowest BCUT2D eigenvalue weighted by Gasteiger charge is -2.18. The number of hydrogen-bond acceptors (Lipinski definition) is 4. The summed E-state index contributed by atoms with van der Waals surface area (Å²) in [5.74, 6) is -0.819. The maximum atomic E-state index is 13.7. The van der Waals surface area contributed by atoms with E-state index in [9.17, 15) is 17.9 Å². The fourth-order valence-electron chi connectivity index (χ4n) is 1.88. The first-order chi connectivity index (χ1) is 9.80. The van der Waals surface area contributed by atoms with Crippen LogP contribution in [0.1, 0.15) is 5.56 Å². The van der Waals surface area contributed by atoms with Crippen LogP contribution in [-0.2, 0) is 16.6 Å². The molecule has 0 bridgehead atoms. The van der Waals surface area contributed by atoms with Gasteiger partial charge in [-0.15, -0.1) is 0 Å². The molecule has 2 rings (SSSR count). The number of hydrogen-bond donors (Lipinski definition) is 2. The minimum atomic E-state index is -4.01. The maximum absolute atomic E-state index is 13.7. The van der Waals surface area contributed by atoms with Crippen LogP contribution in [0.3, 0.4) is 0 Å². The minimum Gasteiger partial charge on any atom is -0.508 e.